The average Bonchev–Trinajstić information content (AvgIpc) is 2.35. The van der Waals surface area contributed by atoms with Crippen molar-refractivity contribution >= 4 is 0 Å². The number of allylic oxidation sites excluding steroid dienone is 3. The van der Waals surface area contributed by atoms with Crippen molar-refractivity contribution in [3.05, 3.63) is 24.1 Å². The van der Waals surface area contributed by atoms with Crippen LogP contribution in [-0.2, 0) is 0 Å². The Kier molecular flexibility index (Phi) is 6.72. The molecule has 3 heteroatoms. The minimum Gasteiger partial charge on any atom is -0.243 e. The van der Waals surface area contributed by atoms with Crippen LogP contribution in [0.3, 0.4) is 0 Å². The molecule has 0 rings (SSSR count). The second-order valence-electron chi connectivity index (χ2n) is 4.58. The predicted octanol–water partition coefficient (Wildman–Crippen LogP) is 4.43. The lowest BCUT2D eigenvalue weighted by Crippen LogP contribution is -2.21. The van der Waals surface area contributed by atoms with Gasteiger partial charge >= 0.3 is 0 Å². The minimum absolute atomic E-state index is 0.0188. The van der Waals surface area contributed by atoms with Crippen LogP contribution < -0.4 is 0 Å². The molecule has 0 aliphatic heterocycles. The largest absolute Gasteiger partial charge is 0.243 e. The van der Waals surface area contributed by atoms with E-state index in [1.54, 1.807) is 19.9 Å². The van der Waals surface area contributed by atoms with Gasteiger partial charge in [-0.05, 0) is 30.3 Å². The van der Waals surface area contributed by atoms with Gasteiger partial charge in [0.25, 0.3) is 0 Å². The molecule has 0 aromatic rings. The number of hydrogen-bond donors (Lipinski definition) is 0. The fourth-order valence-corrected chi connectivity index (χ4v) is 1.95. The molecule has 0 aliphatic carbocycles. The maximum atomic E-state index is 13.6. The van der Waals surface area contributed by atoms with Crippen molar-refractivity contribution in [1.29, 1.82) is 5.26 Å². The Hall–Kier alpha value is -1.17. The van der Waals surface area contributed by atoms with Gasteiger partial charge in [-0.15, -0.1) is 6.58 Å². The maximum absolute atomic E-state index is 13.6. The van der Waals surface area contributed by atoms with Crippen LogP contribution >= 0.6 is 0 Å². The number of hydrogen-bond acceptors (Lipinski definition) is 1. The molecule has 96 valence electrons. The van der Waals surface area contributed by atoms with Gasteiger partial charge in [-0.3, -0.25) is 0 Å². The Morgan fingerprint density at radius 1 is 1.35 bits per heavy atom. The van der Waals surface area contributed by atoms with Crippen LogP contribution in [0.5, 0.6) is 0 Å². The summed E-state index contributed by atoms with van der Waals surface area (Å²) in [6, 6.07) is 2.15. The van der Waals surface area contributed by atoms with E-state index < -0.39 is 12.5 Å². The van der Waals surface area contributed by atoms with Crippen LogP contribution in [0.15, 0.2) is 24.1 Å². The Morgan fingerprint density at radius 3 is 2.24 bits per heavy atom. The Balaban J connectivity index is 5.23. The smallest absolute Gasteiger partial charge is 0.141 e. The summed E-state index contributed by atoms with van der Waals surface area (Å²) in [4.78, 5) is 0. The van der Waals surface area contributed by atoms with Gasteiger partial charge in [0.2, 0.25) is 0 Å². The summed E-state index contributed by atoms with van der Waals surface area (Å²) >= 11 is 0. The van der Waals surface area contributed by atoms with Gasteiger partial charge in [0.15, 0.2) is 0 Å². The van der Waals surface area contributed by atoms with E-state index in [4.69, 9.17) is 5.26 Å². The van der Waals surface area contributed by atoms with Crippen LogP contribution in [0.4, 0.5) is 8.78 Å². The number of alkyl halides is 1. The van der Waals surface area contributed by atoms with Crippen molar-refractivity contribution in [1.82, 2.24) is 0 Å². The molecule has 0 N–H and O–H groups in total. The molecule has 0 aromatic heterocycles. The lowest BCUT2D eigenvalue weighted by atomic mass is 9.77. The fourth-order valence-electron chi connectivity index (χ4n) is 1.95. The summed E-state index contributed by atoms with van der Waals surface area (Å²) in [6.45, 7) is 9.84. The zero-order valence-electron chi connectivity index (χ0n) is 11.0. The molecular weight excluding hydrogens is 220 g/mol. The maximum Gasteiger partial charge on any atom is 0.141 e. The van der Waals surface area contributed by atoms with Crippen molar-refractivity contribution in [2.45, 2.75) is 27.7 Å². The first-order chi connectivity index (χ1) is 7.90. The zero-order valence-corrected chi connectivity index (χ0v) is 11.0. The van der Waals surface area contributed by atoms with Crippen LogP contribution in [0.1, 0.15) is 27.7 Å². The predicted molar refractivity (Wildman–Crippen MR) is 66.6 cm³/mol. The van der Waals surface area contributed by atoms with E-state index in [1.165, 1.54) is 0 Å². The molecule has 0 aliphatic rings. The van der Waals surface area contributed by atoms with E-state index >= 15 is 0 Å². The third kappa shape index (κ3) is 3.96. The molecule has 0 heterocycles. The van der Waals surface area contributed by atoms with Crippen molar-refractivity contribution < 1.29 is 8.78 Å². The van der Waals surface area contributed by atoms with E-state index in [2.05, 4.69) is 12.6 Å². The lowest BCUT2D eigenvalue weighted by Gasteiger charge is -2.27. The molecule has 0 amide bonds. The molecule has 1 nitrogen and oxygen atoms in total. The molecule has 17 heavy (non-hydrogen) atoms. The first-order valence-electron chi connectivity index (χ1n) is 5.87. The van der Waals surface area contributed by atoms with E-state index in [1.807, 2.05) is 13.8 Å². The minimum atomic E-state index is -1.09. The molecule has 0 saturated heterocycles. The van der Waals surface area contributed by atoms with E-state index in [0.717, 1.165) is 0 Å². The first kappa shape index (κ1) is 15.8. The summed E-state index contributed by atoms with van der Waals surface area (Å²) in [6.07, 6.45) is 1.60. The number of nitrogens with zero attached hydrogens (tertiary/aromatic N) is 1. The second kappa shape index (κ2) is 7.21. The van der Waals surface area contributed by atoms with E-state index in [0.29, 0.717) is 5.57 Å². The Bertz CT molecular complexity index is 328. The van der Waals surface area contributed by atoms with Crippen molar-refractivity contribution in [2.75, 3.05) is 6.67 Å². The zero-order chi connectivity index (χ0) is 13.6. The molecule has 0 aromatic carbocycles. The fraction of sp³-hybridized carbons (Fsp3) is 0.643. The molecule has 2 unspecified atom stereocenters. The molecule has 0 fully saturated rings. The number of nitriles is 1. The average molecular weight is 241 g/mol. The van der Waals surface area contributed by atoms with Crippen molar-refractivity contribution in [3.63, 3.8) is 0 Å². The van der Waals surface area contributed by atoms with Gasteiger partial charge in [-0.2, -0.15) is 5.26 Å². The topological polar surface area (TPSA) is 23.8 Å². The van der Waals surface area contributed by atoms with Gasteiger partial charge in [0.05, 0.1) is 6.07 Å². The highest BCUT2D eigenvalue weighted by Crippen LogP contribution is 2.34. The molecule has 4 atom stereocenters. The first-order valence-corrected chi connectivity index (χ1v) is 5.87. The highest BCUT2D eigenvalue weighted by atomic mass is 19.2. The number of halogens is 2. The lowest BCUT2D eigenvalue weighted by molar-refractivity contribution is 0.333. The highest BCUT2D eigenvalue weighted by Gasteiger charge is 2.26. The summed E-state index contributed by atoms with van der Waals surface area (Å²) in [5, 5.41) is 8.87. The molecule has 0 spiro atoms. The monoisotopic (exact) mass is 241 g/mol. The van der Waals surface area contributed by atoms with E-state index in [9.17, 15) is 8.78 Å². The summed E-state index contributed by atoms with van der Waals surface area (Å²) in [7, 11) is 0. The van der Waals surface area contributed by atoms with Crippen molar-refractivity contribution in [2.24, 2.45) is 23.7 Å². The quantitative estimate of drug-likeness (QED) is 0.631. The summed E-state index contributed by atoms with van der Waals surface area (Å²) in [5.74, 6) is -1.32. The summed E-state index contributed by atoms with van der Waals surface area (Å²) < 4.78 is 26.1. The van der Waals surface area contributed by atoms with Gasteiger partial charge in [-0.25, -0.2) is 8.78 Å². The van der Waals surface area contributed by atoms with Crippen LogP contribution in [0.25, 0.3) is 0 Å². The SMILES string of the molecule is C=CC(C)/C(=C(\F)CF)C(C)[C@@H](C)[C@@H](C)C#N. The van der Waals surface area contributed by atoms with Gasteiger partial charge in [0.1, 0.15) is 12.5 Å². The normalized spacial score (nSPS) is 19.6. The second-order valence-corrected chi connectivity index (χ2v) is 4.58. The van der Waals surface area contributed by atoms with Crippen LogP contribution in [0.2, 0.25) is 0 Å². The summed E-state index contributed by atoms with van der Waals surface area (Å²) in [5.41, 5.74) is 0.428. The Morgan fingerprint density at radius 2 is 1.88 bits per heavy atom. The molecule has 0 saturated carbocycles. The van der Waals surface area contributed by atoms with Gasteiger partial charge in [0, 0.05) is 5.92 Å². The van der Waals surface area contributed by atoms with Crippen molar-refractivity contribution in [3.8, 4) is 6.07 Å². The van der Waals surface area contributed by atoms with Gasteiger partial charge in [-0.1, -0.05) is 26.8 Å². The molecule has 0 radical (unpaired) electrons. The van der Waals surface area contributed by atoms with Gasteiger partial charge < -0.3 is 0 Å². The number of rotatable bonds is 6. The molecular formula is C14H21F2N. The molecule has 0 bridgehead atoms. The Labute approximate surface area is 103 Å². The van der Waals surface area contributed by atoms with E-state index in [-0.39, 0.29) is 23.7 Å². The standard InChI is InChI=1S/C14H21F2N/c1-6-9(2)14(13(16)7-15)12(5)11(4)10(3)8-17/h6,9-12H,1,7H2,2-5H3/b14-13+/t9?,10-,11-,12?/m0/s1. The third-order valence-corrected chi connectivity index (χ3v) is 3.55. The highest BCUT2D eigenvalue weighted by molar-refractivity contribution is 5.19. The van der Waals surface area contributed by atoms with Crippen LogP contribution in [-0.4, -0.2) is 6.67 Å². The third-order valence-electron chi connectivity index (χ3n) is 3.55. The van der Waals surface area contributed by atoms with Crippen LogP contribution in [0, 0.1) is 35.0 Å².